The van der Waals surface area contributed by atoms with Crippen molar-refractivity contribution in [2.24, 2.45) is 0 Å². The number of hydrogen-bond acceptors (Lipinski definition) is 4. The van der Waals surface area contributed by atoms with Gasteiger partial charge >= 0.3 is 0 Å². The van der Waals surface area contributed by atoms with E-state index in [1.807, 2.05) is 4.90 Å². The molecular weight excluding hydrogens is 338 g/mol. The van der Waals surface area contributed by atoms with Gasteiger partial charge in [-0.25, -0.2) is 8.42 Å². The molecule has 1 saturated heterocycles. The smallest absolute Gasteiger partial charge is 0.253 e. The number of carbonyl (C=O) groups is 1. The van der Waals surface area contributed by atoms with E-state index in [1.54, 1.807) is 12.1 Å². The first-order chi connectivity index (χ1) is 11.8. The summed E-state index contributed by atoms with van der Waals surface area (Å²) in [7, 11) is -3.64. The van der Waals surface area contributed by atoms with Crippen LogP contribution in [0.2, 0.25) is 0 Å². The molecule has 136 valence electrons. The number of nitrogens with one attached hydrogen (secondary N) is 2. The molecule has 0 bridgehead atoms. The molecule has 0 radical (unpaired) electrons. The van der Waals surface area contributed by atoms with Crippen molar-refractivity contribution < 1.29 is 13.2 Å². The Balaban J connectivity index is 2.06. The van der Waals surface area contributed by atoms with Crippen molar-refractivity contribution in [1.29, 1.82) is 0 Å². The van der Waals surface area contributed by atoms with Gasteiger partial charge in [-0.3, -0.25) is 4.79 Å². The summed E-state index contributed by atoms with van der Waals surface area (Å²) in [5.41, 5.74) is 0.487. The van der Waals surface area contributed by atoms with E-state index < -0.39 is 10.0 Å². The molecule has 0 saturated carbocycles. The maximum atomic E-state index is 12.7. The zero-order chi connectivity index (χ0) is 18.4. The van der Waals surface area contributed by atoms with Crippen LogP contribution in [0.4, 0.5) is 0 Å². The molecule has 1 aliphatic heterocycles. The summed E-state index contributed by atoms with van der Waals surface area (Å²) in [6.45, 7) is 5.50. The molecule has 1 atom stereocenters. The predicted octanol–water partition coefficient (Wildman–Crippen LogP) is 1.20. The van der Waals surface area contributed by atoms with Gasteiger partial charge < -0.3 is 10.2 Å². The SMILES string of the molecule is C#CCNS(=O)(=O)c1ccc(C(=O)N2CCC[C@H](NC(C)C)C2)cc1. The molecule has 0 unspecified atom stereocenters. The van der Waals surface area contributed by atoms with Crippen LogP contribution in [0, 0.1) is 12.3 Å². The van der Waals surface area contributed by atoms with E-state index in [1.165, 1.54) is 12.1 Å². The predicted molar refractivity (Wildman–Crippen MR) is 97.7 cm³/mol. The second-order valence-corrected chi connectivity index (χ2v) is 8.23. The van der Waals surface area contributed by atoms with Crippen LogP contribution in [-0.2, 0) is 10.0 Å². The third-order valence-corrected chi connectivity index (χ3v) is 5.47. The Morgan fingerprint density at radius 1 is 1.36 bits per heavy atom. The fraction of sp³-hybridized carbons (Fsp3) is 0.500. The molecule has 6 nitrogen and oxygen atoms in total. The summed E-state index contributed by atoms with van der Waals surface area (Å²) in [5, 5.41) is 3.47. The minimum absolute atomic E-state index is 0.0684. The molecular formula is C18H25N3O3S. The van der Waals surface area contributed by atoms with Crippen molar-refractivity contribution in [1.82, 2.24) is 14.9 Å². The van der Waals surface area contributed by atoms with E-state index in [0.29, 0.717) is 24.2 Å². The molecule has 2 N–H and O–H groups in total. The van der Waals surface area contributed by atoms with Gasteiger partial charge in [0.1, 0.15) is 0 Å². The van der Waals surface area contributed by atoms with E-state index in [4.69, 9.17) is 6.42 Å². The number of likely N-dealkylation sites (tertiary alicyclic amines) is 1. The normalized spacial score (nSPS) is 18.2. The lowest BCUT2D eigenvalue weighted by molar-refractivity contribution is 0.0691. The summed E-state index contributed by atoms with van der Waals surface area (Å²) in [4.78, 5) is 14.6. The number of hydrogen-bond donors (Lipinski definition) is 2. The van der Waals surface area contributed by atoms with Crippen molar-refractivity contribution in [2.45, 2.75) is 43.7 Å². The van der Waals surface area contributed by atoms with Crippen molar-refractivity contribution in [3.8, 4) is 12.3 Å². The van der Waals surface area contributed by atoms with Crippen molar-refractivity contribution in [2.75, 3.05) is 19.6 Å². The standard InChI is InChI=1S/C18H25N3O3S/c1-4-11-19-25(23,24)17-9-7-15(8-10-17)18(22)21-12-5-6-16(13-21)20-14(2)3/h1,7-10,14,16,19-20H,5-6,11-13H2,2-3H3/t16-/m0/s1. The van der Waals surface area contributed by atoms with Crippen LogP contribution in [0.1, 0.15) is 37.0 Å². The average Bonchev–Trinajstić information content (AvgIpc) is 2.59. The fourth-order valence-electron chi connectivity index (χ4n) is 2.95. The van der Waals surface area contributed by atoms with E-state index in [-0.39, 0.29) is 17.3 Å². The zero-order valence-electron chi connectivity index (χ0n) is 14.7. The highest BCUT2D eigenvalue weighted by Crippen LogP contribution is 2.16. The monoisotopic (exact) mass is 363 g/mol. The average molecular weight is 363 g/mol. The lowest BCUT2D eigenvalue weighted by Crippen LogP contribution is -2.49. The largest absolute Gasteiger partial charge is 0.337 e. The lowest BCUT2D eigenvalue weighted by Gasteiger charge is -2.34. The Morgan fingerprint density at radius 2 is 2.04 bits per heavy atom. The minimum Gasteiger partial charge on any atom is -0.337 e. The van der Waals surface area contributed by atoms with Gasteiger partial charge in [-0.15, -0.1) is 6.42 Å². The van der Waals surface area contributed by atoms with Gasteiger partial charge in [-0.1, -0.05) is 19.8 Å². The first-order valence-corrected chi connectivity index (χ1v) is 9.90. The molecule has 1 aromatic carbocycles. The highest BCUT2D eigenvalue weighted by molar-refractivity contribution is 7.89. The highest BCUT2D eigenvalue weighted by Gasteiger charge is 2.25. The van der Waals surface area contributed by atoms with E-state index in [9.17, 15) is 13.2 Å². The minimum atomic E-state index is -3.64. The molecule has 1 aliphatic rings. The lowest BCUT2D eigenvalue weighted by atomic mass is 10.0. The summed E-state index contributed by atoms with van der Waals surface area (Å²) in [6, 6.07) is 6.63. The zero-order valence-corrected chi connectivity index (χ0v) is 15.5. The van der Waals surface area contributed by atoms with Crippen molar-refractivity contribution in [3.05, 3.63) is 29.8 Å². The number of nitrogens with zero attached hydrogens (tertiary/aromatic N) is 1. The molecule has 1 aromatic rings. The van der Waals surface area contributed by atoms with Crippen LogP contribution >= 0.6 is 0 Å². The second-order valence-electron chi connectivity index (χ2n) is 6.46. The Bertz CT molecular complexity index is 736. The number of sulfonamides is 1. The molecule has 1 amide bonds. The second kappa shape index (κ2) is 8.48. The van der Waals surface area contributed by atoms with Crippen molar-refractivity contribution in [3.63, 3.8) is 0 Å². The number of terminal acetylenes is 1. The maximum Gasteiger partial charge on any atom is 0.253 e. The van der Waals surface area contributed by atoms with Crippen LogP contribution in [0.5, 0.6) is 0 Å². The van der Waals surface area contributed by atoms with E-state index in [0.717, 1.165) is 19.4 Å². The highest BCUT2D eigenvalue weighted by atomic mass is 32.2. The summed E-state index contributed by atoms with van der Waals surface area (Å²) < 4.78 is 26.3. The number of rotatable bonds is 6. The third kappa shape index (κ3) is 5.30. The molecule has 2 rings (SSSR count). The summed E-state index contributed by atoms with van der Waals surface area (Å²) >= 11 is 0. The molecule has 25 heavy (non-hydrogen) atoms. The van der Waals surface area contributed by atoms with Gasteiger partial charge in [0.15, 0.2) is 0 Å². The quantitative estimate of drug-likeness (QED) is 0.745. The van der Waals surface area contributed by atoms with Gasteiger partial charge in [0.05, 0.1) is 11.4 Å². The fourth-order valence-corrected chi connectivity index (χ4v) is 3.88. The van der Waals surface area contributed by atoms with E-state index in [2.05, 4.69) is 29.8 Å². The molecule has 0 spiro atoms. The summed E-state index contributed by atoms with van der Waals surface area (Å²) in [6.07, 6.45) is 7.08. The van der Waals surface area contributed by atoms with Crippen LogP contribution in [0.15, 0.2) is 29.2 Å². The van der Waals surface area contributed by atoms with Gasteiger partial charge in [-0.05, 0) is 37.1 Å². The molecule has 1 fully saturated rings. The Hall–Kier alpha value is -1.88. The molecule has 0 aromatic heterocycles. The van der Waals surface area contributed by atoms with Gasteiger partial charge in [0, 0.05) is 30.7 Å². The number of amides is 1. The molecule has 0 aliphatic carbocycles. The number of carbonyl (C=O) groups excluding carboxylic acids is 1. The van der Waals surface area contributed by atoms with Crippen LogP contribution in [0.25, 0.3) is 0 Å². The summed E-state index contributed by atoms with van der Waals surface area (Å²) in [5.74, 6) is 2.15. The van der Waals surface area contributed by atoms with Crippen LogP contribution in [-0.4, -0.2) is 50.9 Å². The van der Waals surface area contributed by atoms with Gasteiger partial charge in [-0.2, -0.15) is 4.72 Å². The first kappa shape index (κ1) is 19.4. The molecule has 1 heterocycles. The Morgan fingerprint density at radius 3 is 2.64 bits per heavy atom. The maximum absolute atomic E-state index is 12.7. The number of benzene rings is 1. The van der Waals surface area contributed by atoms with Gasteiger partial charge in [0.2, 0.25) is 10.0 Å². The topological polar surface area (TPSA) is 78.5 Å². The number of piperidine rings is 1. The van der Waals surface area contributed by atoms with Crippen LogP contribution < -0.4 is 10.0 Å². The Labute approximate surface area is 150 Å². The Kier molecular flexibility index (Phi) is 6.59. The van der Waals surface area contributed by atoms with Gasteiger partial charge in [0.25, 0.3) is 5.91 Å². The van der Waals surface area contributed by atoms with Crippen molar-refractivity contribution >= 4 is 15.9 Å². The first-order valence-electron chi connectivity index (χ1n) is 8.42. The van der Waals surface area contributed by atoms with E-state index >= 15 is 0 Å². The van der Waals surface area contributed by atoms with Crippen LogP contribution in [0.3, 0.4) is 0 Å². The third-order valence-electron chi connectivity index (χ3n) is 4.05. The molecule has 7 heteroatoms.